The van der Waals surface area contributed by atoms with Gasteiger partial charge in [-0.3, -0.25) is 19.6 Å². The van der Waals surface area contributed by atoms with Gasteiger partial charge in [0.15, 0.2) is 0 Å². The standard InChI is InChI=1S/C27H30N4O2/c1-20(2)30-26(33)27(11-5-15-31(19-27)25(32)24-8-4-12-29-18-24)17-21-6-3-7-23(16-21)22-9-13-28-14-10-22/h3-4,6-10,12-14,16,18,20H,5,11,15,17,19H2,1-2H3,(H,30,33). The summed E-state index contributed by atoms with van der Waals surface area (Å²) in [5, 5.41) is 3.12. The SMILES string of the molecule is CC(C)NC(=O)C1(Cc2cccc(-c3ccncc3)c2)CCCN(C(=O)c2cccnc2)C1. The molecule has 1 aliphatic rings. The molecule has 0 saturated carbocycles. The van der Waals surface area contributed by atoms with E-state index in [1.54, 1.807) is 36.9 Å². The maximum Gasteiger partial charge on any atom is 0.255 e. The third-order valence-corrected chi connectivity index (χ3v) is 6.16. The lowest BCUT2D eigenvalue weighted by Crippen LogP contribution is -2.55. The van der Waals surface area contributed by atoms with Crippen molar-refractivity contribution in [1.82, 2.24) is 20.2 Å². The Kier molecular flexibility index (Phi) is 6.82. The zero-order valence-corrected chi connectivity index (χ0v) is 19.2. The van der Waals surface area contributed by atoms with E-state index in [1.165, 1.54) is 0 Å². The van der Waals surface area contributed by atoms with Gasteiger partial charge in [-0.1, -0.05) is 24.3 Å². The second kappa shape index (κ2) is 9.94. The van der Waals surface area contributed by atoms with Gasteiger partial charge >= 0.3 is 0 Å². The van der Waals surface area contributed by atoms with Crippen molar-refractivity contribution in [3.8, 4) is 11.1 Å². The van der Waals surface area contributed by atoms with Crippen LogP contribution >= 0.6 is 0 Å². The number of pyridine rings is 2. The quantitative estimate of drug-likeness (QED) is 0.623. The topological polar surface area (TPSA) is 75.2 Å². The smallest absolute Gasteiger partial charge is 0.255 e. The van der Waals surface area contributed by atoms with E-state index in [-0.39, 0.29) is 17.9 Å². The Morgan fingerprint density at radius 3 is 2.58 bits per heavy atom. The normalized spacial score (nSPS) is 18.2. The maximum atomic E-state index is 13.5. The number of likely N-dealkylation sites (tertiary alicyclic amines) is 1. The van der Waals surface area contributed by atoms with Crippen molar-refractivity contribution in [3.05, 3.63) is 84.4 Å². The Bertz CT molecular complexity index is 1100. The Labute approximate surface area is 195 Å². The average molecular weight is 443 g/mol. The zero-order chi connectivity index (χ0) is 23.3. The fraction of sp³-hybridized carbons (Fsp3) is 0.333. The van der Waals surface area contributed by atoms with Crippen LogP contribution in [0.2, 0.25) is 0 Å². The number of amides is 2. The van der Waals surface area contributed by atoms with Gasteiger partial charge in [-0.15, -0.1) is 0 Å². The van der Waals surface area contributed by atoms with Crippen molar-refractivity contribution < 1.29 is 9.59 Å². The van der Waals surface area contributed by atoms with Crippen LogP contribution in [0.5, 0.6) is 0 Å². The highest BCUT2D eigenvalue weighted by molar-refractivity contribution is 5.94. The Balaban J connectivity index is 1.64. The lowest BCUT2D eigenvalue weighted by Gasteiger charge is -2.42. The van der Waals surface area contributed by atoms with E-state index in [0.717, 1.165) is 29.5 Å². The van der Waals surface area contributed by atoms with Gasteiger partial charge in [-0.25, -0.2) is 0 Å². The summed E-state index contributed by atoms with van der Waals surface area (Å²) in [5.74, 6) is -0.0643. The molecule has 6 heteroatoms. The van der Waals surface area contributed by atoms with E-state index < -0.39 is 5.41 Å². The number of hydrogen-bond acceptors (Lipinski definition) is 4. The number of nitrogens with zero attached hydrogens (tertiary/aromatic N) is 3. The van der Waals surface area contributed by atoms with E-state index in [9.17, 15) is 9.59 Å². The molecule has 170 valence electrons. The molecule has 0 radical (unpaired) electrons. The monoisotopic (exact) mass is 442 g/mol. The Morgan fingerprint density at radius 1 is 1.03 bits per heavy atom. The van der Waals surface area contributed by atoms with Crippen molar-refractivity contribution in [1.29, 1.82) is 0 Å². The van der Waals surface area contributed by atoms with E-state index in [2.05, 4.69) is 33.5 Å². The van der Waals surface area contributed by atoms with Crippen molar-refractivity contribution >= 4 is 11.8 Å². The van der Waals surface area contributed by atoms with Crippen molar-refractivity contribution in [3.63, 3.8) is 0 Å². The van der Waals surface area contributed by atoms with Crippen LogP contribution in [0.25, 0.3) is 11.1 Å². The zero-order valence-electron chi connectivity index (χ0n) is 19.2. The molecular weight excluding hydrogens is 412 g/mol. The summed E-state index contributed by atoms with van der Waals surface area (Å²) in [6, 6.07) is 15.8. The fourth-order valence-electron chi connectivity index (χ4n) is 4.60. The van der Waals surface area contributed by atoms with Crippen molar-refractivity contribution in [2.75, 3.05) is 13.1 Å². The van der Waals surface area contributed by atoms with Crippen LogP contribution in [0, 0.1) is 5.41 Å². The van der Waals surface area contributed by atoms with Crippen LogP contribution < -0.4 is 5.32 Å². The first-order chi connectivity index (χ1) is 16.0. The number of nitrogens with one attached hydrogen (secondary N) is 1. The number of hydrogen-bond donors (Lipinski definition) is 1. The molecule has 33 heavy (non-hydrogen) atoms. The number of benzene rings is 1. The number of piperidine rings is 1. The maximum absolute atomic E-state index is 13.5. The molecule has 2 aromatic heterocycles. The van der Waals surface area contributed by atoms with Crippen LogP contribution in [-0.4, -0.2) is 45.8 Å². The Morgan fingerprint density at radius 2 is 1.85 bits per heavy atom. The van der Waals surface area contributed by atoms with Gasteiger partial charge in [-0.05, 0) is 74.1 Å². The summed E-state index contributed by atoms with van der Waals surface area (Å²) in [7, 11) is 0. The molecule has 1 aliphatic heterocycles. The third kappa shape index (κ3) is 5.28. The molecule has 2 amide bonds. The molecule has 1 saturated heterocycles. The molecule has 3 heterocycles. The largest absolute Gasteiger partial charge is 0.353 e. The van der Waals surface area contributed by atoms with Crippen LogP contribution in [0.4, 0.5) is 0 Å². The minimum Gasteiger partial charge on any atom is -0.353 e. The van der Waals surface area contributed by atoms with Gasteiger partial charge in [0, 0.05) is 43.9 Å². The predicted molar refractivity (Wildman–Crippen MR) is 128 cm³/mol. The summed E-state index contributed by atoms with van der Waals surface area (Å²) in [6.07, 6.45) is 8.89. The molecule has 1 fully saturated rings. The fourth-order valence-corrected chi connectivity index (χ4v) is 4.60. The van der Waals surface area contributed by atoms with Crippen LogP contribution in [0.3, 0.4) is 0 Å². The minimum absolute atomic E-state index is 0.00972. The van der Waals surface area contributed by atoms with Crippen molar-refractivity contribution in [2.24, 2.45) is 5.41 Å². The molecule has 1 unspecified atom stereocenters. The van der Waals surface area contributed by atoms with Gasteiger partial charge in [0.2, 0.25) is 5.91 Å². The molecule has 4 rings (SSSR count). The number of rotatable bonds is 6. The summed E-state index contributed by atoms with van der Waals surface area (Å²) in [5.41, 5.74) is 3.13. The molecule has 1 atom stereocenters. The van der Waals surface area contributed by atoms with E-state index >= 15 is 0 Å². The molecule has 0 bridgehead atoms. The van der Waals surface area contributed by atoms with Crippen LogP contribution in [0.1, 0.15) is 42.6 Å². The second-order valence-electron chi connectivity index (χ2n) is 9.09. The lowest BCUT2D eigenvalue weighted by molar-refractivity contribution is -0.134. The van der Waals surface area contributed by atoms with Gasteiger partial charge in [0.25, 0.3) is 5.91 Å². The highest BCUT2D eigenvalue weighted by Gasteiger charge is 2.43. The molecule has 0 spiro atoms. The predicted octanol–water partition coefficient (Wildman–Crippen LogP) is 4.13. The molecule has 0 aliphatic carbocycles. The summed E-state index contributed by atoms with van der Waals surface area (Å²) in [4.78, 5) is 36.7. The van der Waals surface area contributed by atoms with Gasteiger partial charge in [0.1, 0.15) is 0 Å². The summed E-state index contributed by atoms with van der Waals surface area (Å²) < 4.78 is 0. The number of aromatic nitrogens is 2. The number of carbonyl (C=O) groups excluding carboxylic acids is 2. The highest BCUT2D eigenvalue weighted by atomic mass is 16.2. The number of carbonyl (C=O) groups is 2. The van der Waals surface area contributed by atoms with E-state index in [1.807, 2.05) is 36.9 Å². The van der Waals surface area contributed by atoms with Gasteiger partial charge in [-0.2, -0.15) is 0 Å². The van der Waals surface area contributed by atoms with Crippen LogP contribution in [0.15, 0.2) is 73.3 Å². The Hall–Kier alpha value is -3.54. The molecule has 3 aromatic rings. The second-order valence-corrected chi connectivity index (χ2v) is 9.09. The van der Waals surface area contributed by atoms with Gasteiger partial charge < -0.3 is 10.2 Å². The first kappa shape index (κ1) is 22.6. The third-order valence-electron chi connectivity index (χ3n) is 6.16. The van der Waals surface area contributed by atoms with Crippen LogP contribution in [-0.2, 0) is 11.2 Å². The lowest BCUT2D eigenvalue weighted by atomic mass is 9.73. The minimum atomic E-state index is -0.683. The average Bonchev–Trinajstić information content (AvgIpc) is 2.84. The summed E-state index contributed by atoms with van der Waals surface area (Å²) in [6.45, 7) is 4.97. The van der Waals surface area contributed by atoms with E-state index in [4.69, 9.17) is 0 Å². The molecular formula is C27H30N4O2. The van der Waals surface area contributed by atoms with E-state index in [0.29, 0.717) is 25.1 Å². The summed E-state index contributed by atoms with van der Waals surface area (Å²) >= 11 is 0. The van der Waals surface area contributed by atoms with Crippen molar-refractivity contribution in [2.45, 2.75) is 39.2 Å². The molecule has 6 nitrogen and oxygen atoms in total. The first-order valence-corrected chi connectivity index (χ1v) is 11.5. The molecule has 1 aromatic carbocycles. The van der Waals surface area contributed by atoms with Gasteiger partial charge in [0.05, 0.1) is 11.0 Å². The highest BCUT2D eigenvalue weighted by Crippen LogP contribution is 2.36. The molecule has 1 N–H and O–H groups in total. The first-order valence-electron chi connectivity index (χ1n) is 11.5.